The molecule has 59 heavy (non-hydrogen) atoms. The van der Waals surface area contributed by atoms with Gasteiger partial charge < -0.3 is 34.1 Å². The predicted octanol–water partition coefficient (Wildman–Crippen LogP) is 6.67. The second kappa shape index (κ2) is 15.5. The number of piperidine rings is 2. The monoisotopic (exact) mass is 821 g/mol. The molecule has 4 aromatic rings. The van der Waals surface area contributed by atoms with Crippen LogP contribution in [0.2, 0.25) is 0 Å². The van der Waals surface area contributed by atoms with Crippen LogP contribution in [0.3, 0.4) is 0 Å². The minimum atomic E-state index is -1.42. The van der Waals surface area contributed by atoms with E-state index >= 15 is 13.2 Å². The summed E-state index contributed by atoms with van der Waals surface area (Å²) in [6.45, 7) is 3.44. The van der Waals surface area contributed by atoms with Crippen LogP contribution in [0.4, 0.5) is 33.0 Å². The Morgan fingerprint density at radius 1 is 1.05 bits per heavy atom. The molecule has 13 nitrogen and oxygen atoms in total. The van der Waals surface area contributed by atoms with E-state index in [2.05, 4.69) is 20.2 Å². The van der Waals surface area contributed by atoms with Gasteiger partial charge in [0.1, 0.15) is 47.5 Å². The number of alkyl halides is 2. The highest BCUT2D eigenvalue weighted by molar-refractivity contribution is 6.02. The third-order valence-electron chi connectivity index (χ3n) is 12.6. The molecule has 17 heteroatoms. The highest BCUT2D eigenvalue weighted by atomic mass is 19.1. The highest BCUT2D eigenvalue weighted by Gasteiger charge is 2.49. The summed E-state index contributed by atoms with van der Waals surface area (Å²) < 4.78 is 87.1. The number of nitrogens with zero attached hydrogens (tertiary/aromatic N) is 6. The number of nitrogens with one attached hydrogen (secondary N) is 1. The van der Waals surface area contributed by atoms with Gasteiger partial charge in [-0.3, -0.25) is 9.88 Å². The first kappa shape index (κ1) is 39.4. The number of amides is 2. The molecular formula is C42H47F4N7O6. The van der Waals surface area contributed by atoms with Gasteiger partial charge in [-0.1, -0.05) is 6.07 Å². The number of likely N-dealkylation sites (tertiary alicyclic amines) is 1. The van der Waals surface area contributed by atoms with E-state index in [1.54, 1.807) is 29.9 Å². The number of aryl methyl sites for hydroxylation is 1. The van der Waals surface area contributed by atoms with E-state index in [4.69, 9.17) is 23.9 Å². The van der Waals surface area contributed by atoms with E-state index in [9.17, 15) is 14.0 Å². The molecular weight excluding hydrogens is 774 g/mol. The Hall–Kier alpha value is -5.03. The lowest BCUT2D eigenvalue weighted by Crippen LogP contribution is -2.60. The first-order chi connectivity index (χ1) is 28.4. The van der Waals surface area contributed by atoms with Gasteiger partial charge in [-0.2, -0.15) is 9.97 Å². The molecule has 6 bridgehead atoms. The highest BCUT2D eigenvalue weighted by Crippen LogP contribution is 2.43. The Balaban J connectivity index is 1.20. The number of hydrogen-bond donors (Lipinski definition) is 1. The molecule has 0 unspecified atom stereocenters. The average Bonchev–Trinajstić information content (AvgIpc) is 3.74. The molecule has 4 fully saturated rings. The zero-order chi connectivity index (χ0) is 41.1. The quantitative estimate of drug-likeness (QED) is 0.217. The Morgan fingerprint density at radius 2 is 1.90 bits per heavy atom. The van der Waals surface area contributed by atoms with Crippen LogP contribution in [0.25, 0.3) is 32.9 Å². The number of benzene rings is 2. The van der Waals surface area contributed by atoms with E-state index in [1.165, 1.54) is 24.4 Å². The van der Waals surface area contributed by atoms with Gasteiger partial charge in [0, 0.05) is 51.3 Å². The molecule has 0 radical (unpaired) electrons. The van der Waals surface area contributed by atoms with Crippen LogP contribution in [-0.2, 0) is 15.9 Å². The van der Waals surface area contributed by atoms with Crippen molar-refractivity contribution in [1.29, 1.82) is 0 Å². The molecule has 0 aliphatic carbocycles. The van der Waals surface area contributed by atoms with Crippen LogP contribution < -0.4 is 19.7 Å². The number of anilines is 1. The summed E-state index contributed by atoms with van der Waals surface area (Å²) in [7, 11) is 1.59. The Morgan fingerprint density at radius 3 is 2.75 bits per heavy atom. The second-order valence-corrected chi connectivity index (χ2v) is 16.9. The van der Waals surface area contributed by atoms with Crippen LogP contribution in [0.5, 0.6) is 11.8 Å². The van der Waals surface area contributed by atoms with Gasteiger partial charge in [-0.15, -0.1) is 0 Å². The fourth-order valence-electron chi connectivity index (χ4n) is 9.89. The number of ether oxygens (including phenoxy) is 4. The van der Waals surface area contributed by atoms with Crippen molar-refractivity contribution in [2.24, 2.45) is 0 Å². The summed E-state index contributed by atoms with van der Waals surface area (Å²) in [6, 6.07) is 5.66. The Labute approximate surface area is 338 Å². The number of carbonyl (C=O) groups is 2. The van der Waals surface area contributed by atoms with Gasteiger partial charge in [0.25, 0.3) is 0 Å². The number of hydrogen-bond acceptors (Lipinski definition) is 11. The van der Waals surface area contributed by atoms with Crippen molar-refractivity contribution in [1.82, 2.24) is 30.1 Å². The maximum absolute atomic E-state index is 17.6. The summed E-state index contributed by atoms with van der Waals surface area (Å²) in [4.78, 5) is 45.8. The molecule has 2 aromatic carbocycles. The van der Waals surface area contributed by atoms with Crippen molar-refractivity contribution in [2.75, 3.05) is 64.5 Å². The molecule has 2 aromatic heterocycles. The second-order valence-electron chi connectivity index (χ2n) is 16.9. The maximum atomic E-state index is 17.6. The smallest absolute Gasteiger partial charge is 0.415 e. The van der Waals surface area contributed by atoms with Crippen molar-refractivity contribution in [3.63, 3.8) is 0 Å². The van der Waals surface area contributed by atoms with E-state index in [-0.39, 0.29) is 103 Å². The van der Waals surface area contributed by atoms with E-state index in [1.807, 2.05) is 0 Å². The topological polar surface area (TPSA) is 131 Å². The normalized spacial score (nSPS) is 27.5. The van der Waals surface area contributed by atoms with Crippen LogP contribution in [-0.4, -0.2) is 126 Å². The lowest BCUT2D eigenvalue weighted by atomic mass is 9.90. The molecule has 6 aliphatic heterocycles. The number of alkyl carbamates (subject to hydrolysis) is 1. The Bertz CT molecular complexity index is 2310. The van der Waals surface area contributed by atoms with Crippen LogP contribution in [0.1, 0.15) is 57.4 Å². The summed E-state index contributed by atoms with van der Waals surface area (Å²) in [5.41, 5.74) is -1.75. The first-order valence-electron chi connectivity index (χ1n) is 20.4. The zero-order valence-corrected chi connectivity index (χ0v) is 33.1. The molecule has 5 atom stereocenters. The predicted molar refractivity (Wildman–Crippen MR) is 209 cm³/mol. The molecule has 314 valence electrons. The van der Waals surface area contributed by atoms with Crippen molar-refractivity contribution in [2.45, 2.75) is 87.8 Å². The number of rotatable bonds is 5. The molecule has 1 N–H and O–H groups in total. The van der Waals surface area contributed by atoms with Gasteiger partial charge in [-0.25, -0.2) is 27.2 Å². The largest absolute Gasteiger partial charge is 0.461 e. The fourth-order valence-corrected chi connectivity index (χ4v) is 9.89. The van der Waals surface area contributed by atoms with Crippen LogP contribution in [0.15, 0.2) is 30.5 Å². The Kier molecular flexibility index (Phi) is 10.4. The number of carbonyl (C=O) groups excluding carboxylic acids is 2. The summed E-state index contributed by atoms with van der Waals surface area (Å²) >= 11 is 0. The first-order valence-corrected chi connectivity index (χ1v) is 20.4. The minimum absolute atomic E-state index is 0.0232. The standard InChI is InChI=1S/C42H47F4N7O6/c1-41-16-25(43)19-52(22-41)37-31-18-47-35(34(46)36(31)48-38(49-37)58-23-42-10-5-12-53(42)20-26(44)17-42)30-15-28(59-40(55)51-11-3-6-27(21-51)56-2)14-24-8-9-32(45)29(33(24)30)7-4-13-57-39(54)50-41/h8-9,14-15,18,25-27H,3-7,10-13,16-17,19-23H2,1-2H3,(H,50,54)/t25-,26-,27+,41-,42+/m1/s1. The lowest BCUT2D eigenvalue weighted by molar-refractivity contribution is 0.0350. The van der Waals surface area contributed by atoms with Gasteiger partial charge in [-0.05, 0) is 86.5 Å². The van der Waals surface area contributed by atoms with Crippen LogP contribution in [0, 0.1) is 11.6 Å². The summed E-state index contributed by atoms with van der Waals surface area (Å²) in [5.74, 6) is -1.25. The van der Waals surface area contributed by atoms with Crippen molar-refractivity contribution < 1.29 is 46.1 Å². The average molecular weight is 822 g/mol. The van der Waals surface area contributed by atoms with Gasteiger partial charge in [0.05, 0.1) is 42.3 Å². The molecule has 2 amide bonds. The van der Waals surface area contributed by atoms with Gasteiger partial charge in [0.15, 0.2) is 5.82 Å². The number of aromatic nitrogens is 3. The fraction of sp³-hybridized carbons (Fsp3) is 0.548. The number of pyridine rings is 1. The zero-order valence-electron chi connectivity index (χ0n) is 33.1. The van der Waals surface area contributed by atoms with Gasteiger partial charge >= 0.3 is 18.2 Å². The lowest BCUT2D eigenvalue weighted by Gasteiger charge is -2.42. The molecule has 6 aliphatic rings. The van der Waals surface area contributed by atoms with Crippen molar-refractivity contribution in [3.05, 3.63) is 47.7 Å². The molecule has 0 spiro atoms. The van der Waals surface area contributed by atoms with E-state index < -0.39 is 47.2 Å². The van der Waals surface area contributed by atoms with Crippen molar-refractivity contribution in [3.8, 4) is 23.0 Å². The molecule has 10 rings (SSSR count). The minimum Gasteiger partial charge on any atom is -0.461 e. The SMILES string of the molecule is CO[C@H]1CCCN(C(=O)Oc2cc3c4c(c(F)ccc4c2)CCCOC(=O)N[C@]2(C)C[C@@H](F)CN(C2)c2nc(OC[C@@]45CCCN4C[C@H](F)C5)nc4c(F)c-3ncc24)C1. The molecule has 4 saturated heterocycles. The maximum Gasteiger partial charge on any atom is 0.415 e. The van der Waals surface area contributed by atoms with Crippen LogP contribution >= 0.6 is 0 Å². The van der Waals surface area contributed by atoms with E-state index in [0.29, 0.717) is 36.8 Å². The number of halogens is 4. The molecule has 0 saturated carbocycles. The van der Waals surface area contributed by atoms with E-state index in [0.717, 1.165) is 25.8 Å². The third-order valence-corrected chi connectivity index (χ3v) is 12.6. The molecule has 8 heterocycles. The number of fused-ring (bicyclic) bond motifs is 7. The van der Waals surface area contributed by atoms with Crippen molar-refractivity contribution >= 4 is 39.7 Å². The summed E-state index contributed by atoms with van der Waals surface area (Å²) in [6.07, 6.45) is 1.09. The summed E-state index contributed by atoms with van der Waals surface area (Å²) in [5, 5.41) is 3.73. The third kappa shape index (κ3) is 7.55. The van der Waals surface area contributed by atoms with Gasteiger partial charge in [0.2, 0.25) is 0 Å². The number of methoxy groups -OCH3 is 1.